The Labute approximate surface area is 88.3 Å². The standard InChI is InChI=1S/C12H24N2/c1-2-3-7-13-9-10-14-8-5-4-6-12(14)11-13/h12H,2-11H2,1H3. The molecule has 2 heterocycles. The van der Waals surface area contributed by atoms with Crippen molar-refractivity contribution in [2.45, 2.75) is 45.1 Å². The van der Waals surface area contributed by atoms with Gasteiger partial charge in [0.25, 0.3) is 0 Å². The van der Waals surface area contributed by atoms with Crippen LogP contribution in [0.1, 0.15) is 39.0 Å². The summed E-state index contributed by atoms with van der Waals surface area (Å²) >= 11 is 0. The molecular formula is C12H24N2. The van der Waals surface area contributed by atoms with Crippen LogP contribution in [0.3, 0.4) is 0 Å². The number of piperidine rings is 1. The minimum absolute atomic E-state index is 0.898. The molecule has 1 atom stereocenters. The molecule has 2 saturated heterocycles. The second-order valence-electron chi connectivity index (χ2n) is 4.84. The van der Waals surface area contributed by atoms with Crippen LogP contribution in [0.25, 0.3) is 0 Å². The van der Waals surface area contributed by atoms with Crippen LogP contribution in [0.4, 0.5) is 0 Å². The third kappa shape index (κ3) is 2.48. The molecule has 2 nitrogen and oxygen atoms in total. The Balaban J connectivity index is 1.77. The van der Waals surface area contributed by atoms with Gasteiger partial charge in [0, 0.05) is 25.7 Å². The molecule has 14 heavy (non-hydrogen) atoms. The molecule has 0 aromatic rings. The molecule has 2 aliphatic rings. The molecule has 0 N–H and O–H groups in total. The van der Waals surface area contributed by atoms with Gasteiger partial charge >= 0.3 is 0 Å². The molecule has 0 spiro atoms. The summed E-state index contributed by atoms with van der Waals surface area (Å²) < 4.78 is 0. The lowest BCUT2D eigenvalue weighted by Crippen LogP contribution is -2.54. The molecule has 2 fully saturated rings. The van der Waals surface area contributed by atoms with Crippen LogP contribution in [0.2, 0.25) is 0 Å². The van der Waals surface area contributed by atoms with Crippen LogP contribution in [-0.2, 0) is 0 Å². The van der Waals surface area contributed by atoms with E-state index in [9.17, 15) is 0 Å². The fourth-order valence-corrected chi connectivity index (χ4v) is 2.81. The minimum Gasteiger partial charge on any atom is -0.301 e. The first-order valence-electron chi connectivity index (χ1n) is 6.36. The molecule has 0 radical (unpaired) electrons. The lowest BCUT2D eigenvalue weighted by Gasteiger charge is -2.44. The summed E-state index contributed by atoms with van der Waals surface area (Å²) in [6.45, 7) is 8.98. The van der Waals surface area contributed by atoms with Crippen molar-refractivity contribution in [2.24, 2.45) is 0 Å². The number of rotatable bonds is 3. The highest BCUT2D eigenvalue weighted by Gasteiger charge is 2.28. The van der Waals surface area contributed by atoms with Crippen LogP contribution in [0.5, 0.6) is 0 Å². The summed E-state index contributed by atoms with van der Waals surface area (Å²) in [6.07, 6.45) is 7.06. The van der Waals surface area contributed by atoms with E-state index in [4.69, 9.17) is 0 Å². The van der Waals surface area contributed by atoms with Gasteiger partial charge in [-0.1, -0.05) is 19.8 Å². The molecule has 0 bridgehead atoms. The van der Waals surface area contributed by atoms with E-state index >= 15 is 0 Å². The summed E-state index contributed by atoms with van der Waals surface area (Å²) in [5.74, 6) is 0. The van der Waals surface area contributed by atoms with Crippen molar-refractivity contribution in [3.8, 4) is 0 Å². The van der Waals surface area contributed by atoms with Crippen molar-refractivity contribution in [1.29, 1.82) is 0 Å². The van der Waals surface area contributed by atoms with Gasteiger partial charge in [0.1, 0.15) is 0 Å². The number of fused-ring (bicyclic) bond motifs is 1. The number of nitrogens with zero attached hydrogens (tertiary/aromatic N) is 2. The highest BCUT2D eigenvalue weighted by atomic mass is 15.3. The van der Waals surface area contributed by atoms with Crippen LogP contribution in [-0.4, -0.2) is 48.6 Å². The zero-order valence-electron chi connectivity index (χ0n) is 9.54. The van der Waals surface area contributed by atoms with Crippen LogP contribution >= 0.6 is 0 Å². The van der Waals surface area contributed by atoms with Gasteiger partial charge < -0.3 is 4.90 Å². The van der Waals surface area contributed by atoms with Gasteiger partial charge in [-0.3, -0.25) is 4.90 Å². The average molecular weight is 196 g/mol. The third-order valence-corrected chi connectivity index (χ3v) is 3.75. The summed E-state index contributed by atoms with van der Waals surface area (Å²) in [5.41, 5.74) is 0. The van der Waals surface area contributed by atoms with Crippen molar-refractivity contribution >= 4 is 0 Å². The number of hydrogen-bond acceptors (Lipinski definition) is 2. The molecule has 0 aromatic carbocycles. The largest absolute Gasteiger partial charge is 0.301 e. The molecule has 1 unspecified atom stereocenters. The predicted octanol–water partition coefficient (Wildman–Crippen LogP) is 1.96. The summed E-state index contributed by atoms with van der Waals surface area (Å²) in [6, 6.07) is 0.898. The number of hydrogen-bond donors (Lipinski definition) is 0. The van der Waals surface area contributed by atoms with Crippen LogP contribution in [0, 0.1) is 0 Å². The minimum atomic E-state index is 0.898. The average Bonchev–Trinajstić information content (AvgIpc) is 2.26. The molecule has 2 aliphatic heterocycles. The molecule has 2 heteroatoms. The van der Waals surface area contributed by atoms with Crippen molar-refractivity contribution in [1.82, 2.24) is 9.80 Å². The van der Waals surface area contributed by atoms with Gasteiger partial charge in [-0.2, -0.15) is 0 Å². The lowest BCUT2D eigenvalue weighted by molar-refractivity contribution is 0.0489. The maximum absolute atomic E-state index is 2.71. The molecule has 0 saturated carbocycles. The van der Waals surface area contributed by atoms with Gasteiger partial charge in [0.2, 0.25) is 0 Å². The Hall–Kier alpha value is -0.0800. The van der Waals surface area contributed by atoms with Crippen molar-refractivity contribution in [2.75, 3.05) is 32.7 Å². The molecule has 2 rings (SSSR count). The van der Waals surface area contributed by atoms with Crippen molar-refractivity contribution in [3.63, 3.8) is 0 Å². The van der Waals surface area contributed by atoms with Crippen LogP contribution in [0.15, 0.2) is 0 Å². The topological polar surface area (TPSA) is 6.48 Å². The van der Waals surface area contributed by atoms with E-state index in [1.54, 1.807) is 0 Å². The molecule has 0 amide bonds. The maximum Gasteiger partial charge on any atom is 0.0223 e. The molecule has 82 valence electrons. The van der Waals surface area contributed by atoms with E-state index < -0.39 is 0 Å². The van der Waals surface area contributed by atoms with Crippen molar-refractivity contribution < 1.29 is 0 Å². The van der Waals surface area contributed by atoms with Gasteiger partial charge in [-0.05, 0) is 32.4 Å². The van der Waals surface area contributed by atoms with E-state index in [-0.39, 0.29) is 0 Å². The summed E-state index contributed by atoms with van der Waals surface area (Å²) in [4.78, 5) is 5.39. The van der Waals surface area contributed by atoms with E-state index in [0.717, 1.165) is 6.04 Å². The maximum atomic E-state index is 2.71. The highest BCUT2D eigenvalue weighted by Crippen LogP contribution is 2.20. The second kappa shape index (κ2) is 5.13. The zero-order chi connectivity index (χ0) is 9.80. The van der Waals surface area contributed by atoms with Gasteiger partial charge in [-0.25, -0.2) is 0 Å². The number of unbranched alkanes of at least 4 members (excludes halogenated alkanes) is 1. The Morgan fingerprint density at radius 3 is 2.93 bits per heavy atom. The van der Waals surface area contributed by atoms with Crippen molar-refractivity contribution in [3.05, 3.63) is 0 Å². The molecule has 0 aromatic heterocycles. The Kier molecular flexibility index (Phi) is 3.82. The smallest absolute Gasteiger partial charge is 0.0223 e. The molecular weight excluding hydrogens is 172 g/mol. The first kappa shape index (κ1) is 10.4. The van der Waals surface area contributed by atoms with Gasteiger partial charge in [0.05, 0.1) is 0 Å². The first-order valence-corrected chi connectivity index (χ1v) is 6.36. The van der Waals surface area contributed by atoms with E-state index in [1.807, 2.05) is 0 Å². The Morgan fingerprint density at radius 1 is 1.14 bits per heavy atom. The van der Waals surface area contributed by atoms with E-state index in [0.29, 0.717) is 0 Å². The SMILES string of the molecule is CCCCN1CCN2CCCCC2C1. The molecule has 0 aliphatic carbocycles. The quantitative estimate of drug-likeness (QED) is 0.681. The number of piperazine rings is 1. The van der Waals surface area contributed by atoms with E-state index in [2.05, 4.69) is 16.7 Å². The van der Waals surface area contributed by atoms with Crippen LogP contribution < -0.4 is 0 Å². The Bertz CT molecular complexity index is 170. The highest BCUT2D eigenvalue weighted by molar-refractivity contribution is 4.84. The normalized spacial score (nSPS) is 30.2. The lowest BCUT2D eigenvalue weighted by atomic mass is 9.99. The fourth-order valence-electron chi connectivity index (χ4n) is 2.81. The predicted molar refractivity (Wildman–Crippen MR) is 60.6 cm³/mol. The van der Waals surface area contributed by atoms with E-state index in [1.165, 1.54) is 64.8 Å². The second-order valence-corrected chi connectivity index (χ2v) is 4.84. The first-order chi connectivity index (χ1) is 6.90. The van der Waals surface area contributed by atoms with Gasteiger partial charge in [0.15, 0.2) is 0 Å². The monoisotopic (exact) mass is 196 g/mol. The Morgan fingerprint density at radius 2 is 2.07 bits per heavy atom. The third-order valence-electron chi connectivity index (χ3n) is 3.75. The summed E-state index contributed by atoms with van der Waals surface area (Å²) in [5, 5.41) is 0. The fraction of sp³-hybridized carbons (Fsp3) is 1.00. The van der Waals surface area contributed by atoms with Gasteiger partial charge in [-0.15, -0.1) is 0 Å². The zero-order valence-corrected chi connectivity index (χ0v) is 9.54. The summed E-state index contributed by atoms with van der Waals surface area (Å²) in [7, 11) is 0.